The number of carbonyl (C=O) groups excluding carboxylic acids is 5. The minimum absolute atomic E-state index is 0.101. The molecule has 0 saturated carbocycles. The first-order valence-electron chi connectivity index (χ1n) is 24.4. The van der Waals surface area contributed by atoms with Crippen molar-refractivity contribution in [2.45, 2.75) is 70.1 Å². The molecule has 5 heterocycles. The van der Waals surface area contributed by atoms with Crippen LogP contribution in [-0.4, -0.2) is 110 Å². The number of carbonyl (C=O) groups is 6. The highest BCUT2D eigenvalue weighted by molar-refractivity contribution is 6.38. The fourth-order valence-corrected chi connectivity index (χ4v) is 8.81. The van der Waals surface area contributed by atoms with Gasteiger partial charge in [0.25, 0.3) is 11.8 Å². The molecule has 1 unspecified atom stereocenters. The fourth-order valence-electron chi connectivity index (χ4n) is 8.25. The number of hydrogen-bond acceptors (Lipinski definition) is 12. The molecule has 2 saturated heterocycles. The van der Waals surface area contributed by atoms with Gasteiger partial charge in [-0.25, -0.2) is 14.5 Å². The number of pyridine rings is 2. The minimum Gasteiger partial charge on any atom is -0.475 e. The van der Waals surface area contributed by atoms with Crippen molar-refractivity contribution >= 4 is 81.7 Å². The van der Waals surface area contributed by atoms with Crippen LogP contribution in [0.5, 0.6) is 0 Å². The molecular formula is C53H54Cl2F3N11O7. The standard InChI is InChI=1S/C51H53Cl2N11O5.C2HF3O2/c52-40-31-41(53)39(30-38(40)42-13-8-10-22-54-42)49(67)59-46-32-44(61-64(46)37-11-5-4-6-12-37)50(68)57-33-34-21-24-56-45(29-34)55-23-9-3-1-2-7-14-48(66)63-27-25-62(26-28-63)36-17-15-35(16-18-36)58-43-19-20-47(65)60-51(43)69;3-2(4,5)1(6)7/h4-6,8,10-13,15-18,21-22,24,29-32,43,58H,1-3,7,9,14,19-20,23,25-28,33H2,(H,55,56)(H,57,68)(H,59,67)(H,60,65,69);(H,6,7). The van der Waals surface area contributed by atoms with Crippen molar-refractivity contribution in [2.75, 3.05) is 53.6 Å². The number of carboxylic acid groups (broad SMARTS) is 1. The lowest BCUT2D eigenvalue weighted by atomic mass is 10.1. The van der Waals surface area contributed by atoms with Gasteiger partial charge in [0, 0.05) is 87.5 Å². The third kappa shape index (κ3) is 15.7. The van der Waals surface area contributed by atoms with Crippen LogP contribution < -0.4 is 31.5 Å². The molecule has 18 nitrogen and oxygen atoms in total. The van der Waals surface area contributed by atoms with Crippen molar-refractivity contribution in [3.63, 3.8) is 0 Å². The number of unbranched alkanes of at least 4 members (excludes halogenated alkanes) is 4. The Hall–Kier alpha value is -8.04. The molecule has 5 amide bonds. The van der Waals surface area contributed by atoms with Crippen LogP contribution in [0.15, 0.2) is 116 Å². The maximum atomic E-state index is 13.7. The Morgan fingerprint density at radius 1 is 0.763 bits per heavy atom. The van der Waals surface area contributed by atoms with Gasteiger partial charge in [0.15, 0.2) is 5.69 Å². The monoisotopic (exact) mass is 1080 g/mol. The fraction of sp³-hybridized carbons (Fsp3) is 0.302. The summed E-state index contributed by atoms with van der Waals surface area (Å²) in [4.78, 5) is 85.7. The van der Waals surface area contributed by atoms with Crippen molar-refractivity contribution < 1.29 is 47.0 Å². The first kappa shape index (κ1) is 55.7. The Bertz CT molecular complexity index is 3000. The first-order valence-corrected chi connectivity index (χ1v) is 25.2. The molecule has 2 aliphatic heterocycles. The highest BCUT2D eigenvalue weighted by Gasteiger charge is 2.38. The van der Waals surface area contributed by atoms with Crippen LogP contribution in [0.3, 0.4) is 0 Å². The summed E-state index contributed by atoms with van der Waals surface area (Å²) in [6.45, 7) is 3.85. The summed E-state index contributed by atoms with van der Waals surface area (Å²) < 4.78 is 33.2. The van der Waals surface area contributed by atoms with E-state index in [4.69, 9.17) is 33.1 Å². The Balaban J connectivity index is 0.00000112. The van der Waals surface area contributed by atoms with Crippen LogP contribution >= 0.6 is 23.2 Å². The molecule has 6 N–H and O–H groups in total. The van der Waals surface area contributed by atoms with Crippen molar-refractivity contribution in [1.82, 2.24) is 35.3 Å². The molecule has 76 heavy (non-hydrogen) atoms. The average molecular weight is 1080 g/mol. The van der Waals surface area contributed by atoms with E-state index in [-0.39, 0.29) is 46.4 Å². The number of hydrogen-bond donors (Lipinski definition) is 6. The van der Waals surface area contributed by atoms with Crippen LogP contribution in [0.2, 0.25) is 10.0 Å². The summed E-state index contributed by atoms with van der Waals surface area (Å²) in [5.74, 6) is -3.06. The Labute approximate surface area is 445 Å². The summed E-state index contributed by atoms with van der Waals surface area (Å²) in [6.07, 6.45) is 4.45. The van der Waals surface area contributed by atoms with Gasteiger partial charge in [0.05, 0.1) is 27.0 Å². The molecule has 3 aromatic carbocycles. The average Bonchev–Trinajstić information content (AvgIpc) is 3.84. The number of aliphatic carboxylic acids is 1. The molecule has 0 bridgehead atoms. The summed E-state index contributed by atoms with van der Waals surface area (Å²) in [5, 5.41) is 27.0. The van der Waals surface area contributed by atoms with Gasteiger partial charge in [-0.15, -0.1) is 0 Å². The lowest BCUT2D eigenvalue weighted by molar-refractivity contribution is -0.192. The first-order chi connectivity index (χ1) is 36.5. The number of piperidine rings is 1. The zero-order chi connectivity index (χ0) is 54.2. The molecule has 2 fully saturated rings. The van der Waals surface area contributed by atoms with Crippen LogP contribution in [0, 0.1) is 0 Å². The van der Waals surface area contributed by atoms with Crippen LogP contribution in [0.25, 0.3) is 16.9 Å². The van der Waals surface area contributed by atoms with Crippen LogP contribution in [-0.2, 0) is 25.7 Å². The lowest BCUT2D eigenvalue weighted by Gasteiger charge is -2.36. The molecule has 6 aromatic rings. The van der Waals surface area contributed by atoms with Crippen molar-refractivity contribution in [3.05, 3.63) is 142 Å². The number of benzene rings is 3. The molecule has 0 aliphatic carbocycles. The topological polar surface area (TPSA) is 233 Å². The zero-order valence-electron chi connectivity index (χ0n) is 40.9. The number of amides is 5. The number of anilines is 4. The van der Waals surface area contributed by atoms with Crippen molar-refractivity contribution in [1.29, 1.82) is 0 Å². The number of aromatic nitrogens is 4. The van der Waals surface area contributed by atoms with Gasteiger partial charge in [-0.3, -0.25) is 34.3 Å². The number of rotatable bonds is 19. The quantitative estimate of drug-likeness (QED) is 0.0329. The molecule has 1 atom stereocenters. The van der Waals surface area contributed by atoms with Gasteiger partial charge in [-0.1, -0.05) is 66.7 Å². The van der Waals surface area contributed by atoms with Gasteiger partial charge in [-0.05, 0) is 97.6 Å². The lowest BCUT2D eigenvalue weighted by Crippen LogP contribution is -2.48. The van der Waals surface area contributed by atoms with Gasteiger partial charge >= 0.3 is 12.1 Å². The number of alkyl halides is 3. The minimum atomic E-state index is -5.08. The smallest absolute Gasteiger partial charge is 0.475 e. The number of imide groups is 1. The van der Waals surface area contributed by atoms with Crippen LogP contribution in [0.4, 0.5) is 36.2 Å². The number of piperazine rings is 1. The molecule has 398 valence electrons. The Kier molecular flexibility index (Phi) is 19.4. The maximum Gasteiger partial charge on any atom is 0.490 e. The zero-order valence-corrected chi connectivity index (χ0v) is 42.4. The third-order valence-electron chi connectivity index (χ3n) is 12.3. The predicted molar refractivity (Wildman–Crippen MR) is 282 cm³/mol. The van der Waals surface area contributed by atoms with Gasteiger partial charge < -0.3 is 36.2 Å². The molecule has 23 heteroatoms. The predicted octanol–water partition coefficient (Wildman–Crippen LogP) is 8.77. The van der Waals surface area contributed by atoms with E-state index in [1.807, 2.05) is 77.7 Å². The van der Waals surface area contributed by atoms with E-state index in [0.29, 0.717) is 60.1 Å². The highest BCUT2D eigenvalue weighted by Crippen LogP contribution is 2.33. The largest absolute Gasteiger partial charge is 0.490 e. The highest BCUT2D eigenvalue weighted by atomic mass is 35.5. The van der Waals surface area contributed by atoms with Crippen molar-refractivity contribution in [2.24, 2.45) is 0 Å². The summed E-state index contributed by atoms with van der Waals surface area (Å²) >= 11 is 13.0. The molecule has 8 rings (SSSR count). The second-order valence-corrected chi connectivity index (χ2v) is 18.5. The van der Waals surface area contributed by atoms with E-state index < -0.39 is 30.0 Å². The number of nitrogens with one attached hydrogen (secondary N) is 5. The third-order valence-corrected chi connectivity index (χ3v) is 12.9. The number of para-hydroxylation sites is 1. The Morgan fingerprint density at radius 3 is 2.17 bits per heavy atom. The summed E-state index contributed by atoms with van der Waals surface area (Å²) in [7, 11) is 0. The Morgan fingerprint density at radius 2 is 1.47 bits per heavy atom. The maximum absolute atomic E-state index is 13.7. The molecule has 0 radical (unpaired) electrons. The van der Waals surface area contributed by atoms with Crippen molar-refractivity contribution in [3.8, 4) is 16.9 Å². The molecule has 3 aromatic heterocycles. The van der Waals surface area contributed by atoms with E-state index in [0.717, 1.165) is 68.7 Å². The normalized spacial score (nSPS) is 14.5. The second kappa shape index (κ2) is 26.4. The number of carboxylic acids is 1. The van der Waals surface area contributed by atoms with Gasteiger partial charge in [-0.2, -0.15) is 18.3 Å². The molecular weight excluding hydrogens is 1030 g/mol. The molecule has 2 aliphatic rings. The van der Waals surface area contributed by atoms with Gasteiger partial charge in [0.1, 0.15) is 17.7 Å². The van der Waals surface area contributed by atoms with E-state index >= 15 is 0 Å². The SMILES string of the molecule is O=C(O)C(F)(F)F.O=C1CCC(Nc2ccc(N3CCN(C(=O)CCCCCCCNc4cc(CNC(=O)c5cc(NC(=O)c6cc(-c7ccccn7)c(Cl)cc6Cl)n(-c6ccccc6)n5)ccn4)CC3)cc2)C(=O)N1. The van der Waals surface area contributed by atoms with E-state index in [2.05, 4.69) is 46.6 Å². The second-order valence-electron chi connectivity index (χ2n) is 17.7. The number of halogens is 5. The summed E-state index contributed by atoms with van der Waals surface area (Å²) in [6, 6.07) is 30.4. The van der Waals surface area contributed by atoms with Gasteiger partial charge in [0.2, 0.25) is 17.7 Å². The van der Waals surface area contributed by atoms with Crippen LogP contribution in [0.1, 0.15) is 77.8 Å². The summed E-state index contributed by atoms with van der Waals surface area (Å²) in [5.41, 5.74) is 4.79. The molecule has 0 spiro atoms. The van der Waals surface area contributed by atoms with E-state index in [1.54, 1.807) is 30.6 Å². The number of nitrogens with zero attached hydrogens (tertiary/aromatic N) is 6. The van der Waals surface area contributed by atoms with E-state index in [9.17, 15) is 37.1 Å². The van der Waals surface area contributed by atoms with E-state index in [1.165, 1.54) is 16.8 Å².